The number of allylic oxidation sites excluding steroid dienone is 2. The van der Waals surface area contributed by atoms with Gasteiger partial charge in [-0.3, -0.25) is 0 Å². The molecular formula is C33H32O2. The van der Waals surface area contributed by atoms with E-state index in [1.807, 2.05) is 0 Å². The Morgan fingerprint density at radius 1 is 0.629 bits per heavy atom. The van der Waals surface area contributed by atoms with Gasteiger partial charge < -0.3 is 9.47 Å². The smallest absolute Gasteiger partial charge is 0.0713 e. The Bertz CT molecular complexity index is 1210. The first-order chi connectivity index (χ1) is 17.3. The van der Waals surface area contributed by atoms with Gasteiger partial charge in [0.05, 0.1) is 13.2 Å². The molecule has 1 unspecified atom stereocenters. The molecule has 4 aromatic rings. The monoisotopic (exact) mass is 460 g/mol. The van der Waals surface area contributed by atoms with E-state index in [2.05, 4.69) is 115 Å². The normalized spacial score (nSPS) is 16.7. The quantitative estimate of drug-likeness (QED) is 0.270. The minimum Gasteiger partial charge on any atom is -0.380 e. The predicted octanol–water partition coefficient (Wildman–Crippen LogP) is 7.54. The molecule has 2 heteroatoms. The van der Waals surface area contributed by atoms with Gasteiger partial charge in [0.25, 0.3) is 0 Å². The van der Waals surface area contributed by atoms with Crippen molar-refractivity contribution in [3.05, 3.63) is 149 Å². The van der Waals surface area contributed by atoms with E-state index in [1.54, 1.807) is 14.2 Å². The molecule has 1 aliphatic carbocycles. The van der Waals surface area contributed by atoms with Gasteiger partial charge in [-0.15, -0.1) is 0 Å². The van der Waals surface area contributed by atoms with Gasteiger partial charge in [-0.25, -0.2) is 0 Å². The average molecular weight is 461 g/mol. The highest BCUT2D eigenvalue weighted by molar-refractivity contribution is 5.78. The van der Waals surface area contributed by atoms with Crippen LogP contribution in [0.3, 0.4) is 0 Å². The minimum absolute atomic E-state index is 0.188. The van der Waals surface area contributed by atoms with Crippen molar-refractivity contribution in [1.29, 1.82) is 0 Å². The highest BCUT2D eigenvalue weighted by Crippen LogP contribution is 2.57. The lowest BCUT2D eigenvalue weighted by atomic mass is 9.63. The summed E-state index contributed by atoms with van der Waals surface area (Å²) in [5.41, 5.74) is 8.82. The van der Waals surface area contributed by atoms with E-state index < -0.39 is 0 Å². The van der Waals surface area contributed by atoms with Crippen molar-refractivity contribution in [2.24, 2.45) is 0 Å². The molecule has 2 nitrogen and oxygen atoms in total. The van der Waals surface area contributed by atoms with Gasteiger partial charge in [0.2, 0.25) is 0 Å². The topological polar surface area (TPSA) is 18.5 Å². The Hall–Kier alpha value is -3.46. The largest absolute Gasteiger partial charge is 0.380 e. The third kappa shape index (κ3) is 4.48. The molecule has 0 aliphatic heterocycles. The number of methoxy groups -OCH3 is 2. The summed E-state index contributed by atoms with van der Waals surface area (Å²) in [6.07, 6.45) is 3.39. The van der Waals surface area contributed by atoms with Gasteiger partial charge in [0, 0.05) is 25.6 Å². The van der Waals surface area contributed by atoms with Crippen LogP contribution in [0.15, 0.2) is 115 Å². The average Bonchev–Trinajstić information content (AvgIpc) is 3.32. The highest BCUT2D eigenvalue weighted by Gasteiger charge is 2.47. The van der Waals surface area contributed by atoms with Crippen molar-refractivity contribution < 1.29 is 9.47 Å². The van der Waals surface area contributed by atoms with E-state index in [-0.39, 0.29) is 11.3 Å². The van der Waals surface area contributed by atoms with Gasteiger partial charge in [0.1, 0.15) is 0 Å². The van der Waals surface area contributed by atoms with Crippen LogP contribution in [-0.2, 0) is 28.1 Å². The lowest BCUT2D eigenvalue weighted by Crippen LogP contribution is -2.32. The standard InChI is InChI=1S/C33H32O2/c1-34-23-25-13-17-29(18-14-25)33(30-19-15-26(16-20-30)24-35-2)22-21-31(27-9-5-3-6-10-27)32(33)28-11-7-4-8-12-28/h3-21,32H,22-24H2,1-2H3. The molecule has 0 bridgehead atoms. The lowest BCUT2D eigenvalue weighted by Gasteiger charge is -2.39. The third-order valence-electron chi connectivity index (χ3n) is 7.25. The van der Waals surface area contributed by atoms with Crippen molar-refractivity contribution in [3.63, 3.8) is 0 Å². The Labute approximate surface area is 208 Å². The molecule has 0 radical (unpaired) electrons. The summed E-state index contributed by atoms with van der Waals surface area (Å²) in [4.78, 5) is 0. The van der Waals surface area contributed by atoms with Gasteiger partial charge >= 0.3 is 0 Å². The maximum absolute atomic E-state index is 5.38. The van der Waals surface area contributed by atoms with Crippen LogP contribution in [0.5, 0.6) is 0 Å². The summed E-state index contributed by atoms with van der Waals surface area (Å²) in [7, 11) is 3.49. The summed E-state index contributed by atoms with van der Waals surface area (Å²) in [6, 6.07) is 39.9. The van der Waals surface area contributed by atoms with Crippen molar-refractivity contribution in [2.75, 3.05) is 14.2 Å². The Balaban J connectivity index is 1.71. The Morgan fingerprint density at radius 3 is 1.60 bits per heavy atom. The Kier molecular flexibility index (Phi) is 6.94. The molecule has 0 fully saturated rings. The maximum atomic E-state index is 5.38. The molecule has 0 saturated carbocycles. The fourth-order valence-electron chi connectivity index (χ4n) is 5.66. The van der Waals surface area contributed by atoms with E-state index in [0.29, 0.717) is 13.2 Å². The number of hydrogen-bond donors (Lipinski definition) is 0. The van der Waals surface area contributed by atoms with Gasteiger partial charge in [-0.2, -0.15) is 0 Å². The van der Waals surface area contributed by atoms with Crippen molar-refractivity contribution in [2.45, 2.75) is 31.0 Å². The molecular weight excluding hydrogens is 428 g/mol. The zero-order chi connectivity index (χ0) is 24.1. The van der Waals surface area contributed by atoms with Crippen LogP contribution in [-0.4, -0.2) is 14.2 Å². The van der Waals surface area contributed by atoms with Gasteiger partial charge in [-0.05, 0) is 45.4 Å². The van der Waals surface area contributed by atoms with Crippen LogP contribution < -0.4 is 0 Å². The maximum Gasteiger partial charge on any atom is 0.0713 e. The van der Waals surface area contributed by atoms with E-state index >= 15 is 0 Å². The summed E-state index contributed by atoms with van der Waals surface area (Å²) >= 11 is 0. The van der Waals surface area contributed by atoms with Crippen molar-refractivity contribution >= 4 is 5.57 Å². The van der Waals surface area contributed by atoms with Crippen LogP contribution in [0.2, 0.25) is 0 Å². The van der Waals surface area contributed by atoms with Crippen LogP contribution in [0.1, 0.15) is 45.7 Å². The first kappa shape index (κ1) is 23.3. The molecule has 1 atom stereocenters. The molecule has 176 valence electrons. The zero-order valence-corrected chi connectivity index (χ0v) is 20.5. The van der Waals surface area contributed by atoms with E-state index in [9.17, 15) is 0 Å². The summed E-state index contributed by atoms with van der Waals surface area (Å²) in [5.74, 6) is 0.188. The summed E-state index contributed by atoms with van der Waals surface area (Å²) in [5, 5.41) is 0. The molecule has 5 rings (SSSR count). The first-order valence-corrected chi connectivity index (χ1v) is 12.2. The van der Waals surface area contributed by atoms with E-state index in [0.717, 1.165) is 6.42 Å². The fraction of sp³-hybridized carbons (Fsp3) is 0.212. The molecule has 0 heterocycles. The van der Waals surface area contributed by atoms with Crippen molar-refractivity contribution in [3.8, 4) is 0 Å². The fourth-order valence-corrected chi connectivity index (χ4v) is 5.66. The number of ether oxygens (including phenoxy) is 2. The molecule has 0 saturated heterocycles. The first-order valence-electron chi connectivity index (χ1n) is 12.2. The second-order valence-corrected chi connectivity index (χ2v) is 9.30. The summed E-state index contributed by atoms with van der Waals surface area (Å²) in [6.45, 7) is 1.24. The minimum atomic E-state index is -0.219. The third-order valence-corrected chi connectivity index (χ3v) is 7.25. The van der Waals surface area contributed by atoms with E-state index in [4.69, 9.17) is 9.47 Å². The van der Waals surface area contributed by atoms with Crippen molar-refractivity contribution in [1.82, 2.24) is 0 Å². The lowest BCUT2D eigenvalue weighted by molar-refractivity contribution is 0.185. The number of rotatable bonds is 8. The molecule has 0 spiro atoms. The molecule has 0 amide bonds. The molecule has 1 aliphatic rings. The Morgan fingerprint density at radius 2 is 1.11 bits per heavy atom. The van der Waals surface area contributed by atoms with Gasteiger partial charge in [0.15, 0.2) is 0 Å². The zero-order valence-electron chi connectivity index (χ0n) is 20.5. The van der Waals surface area contributed by atoms with Crippen LogP contribution in [0.4, 0.5) is 0 Å². The SMILES string of the molecule is COCc1ccc(C2(c3ccc(COC)cc3)CC=C(c3ccccc3)C2c2ccccc2)cc1. The molecule has 0 N–H and O–H groups in total. The predicted molar refractivity (Wildman–Crippen MR) is 143 cm³/mol. The molecule has 0 aromatic heterocycles. The van der Waals surface area contributed by atoms with Crippen LogP contribution >= 0.6 is 0 Å². The molecule has 4 aromatic carbocycles. The van der Waals surface area contributed by atoms with Crippen LogP contribution in [0.25, 0.3) is 5.57 Å². The van der Waals surface area contributed by atoms with E-state index in [1.165, 1.54) is 39.0 Å². The second kappa shape index (κ2) is 10.4. The van der Waals surface area contributed by atoms with Gasteiger partial charge in [-0.1, -0.05) is 115 Å². The number of benzene rings is 4. The number of hydrogen-bond acceptors (Lipinski definition) is 2. The summed E-state index contributed by atoms with van der Waals surface area (Å²) < 4.78 is 10.8. The highest BCUT2D eigenvalue weighted by atomic mass is 16.5. The second-order valence-electron chi connectivity index (χ2n) is 9.30. The molecule has 35 heavy (non-hydrogen) atoms. The van der Waals surface area contributed by atoms with Crippen LogP contribution in [0, 0.1) is 0 Å².